The van der Waals surface area contributed by atoms with Gasteiger partial charge in [0.15, 0.2) is 43.1 Å². The van der Waals surface area contributed by atoms with Gasteiger partial charge in [-0.05, 0) is 23.0 Å². The van der Waals surface area contributed by atoms with Crippen molar-refractivity contribution in [2.24, 2.45) is 0 Å². The predicted octanol–water partition coefficient (Wildman–Crippen LogP) is 3.09. The lowest BCUT2D eigenvalue weighted by Crippen LogP contribution is -2.67. The molecule has 21 nitrogen and oxygen atoms in total. The van der Waals surface area contributed by atoms with Crippen LogP contribution in [0.2, 0.25) is 0 Å². The molecule has 2 heterocycles. The van der Waals surface area contributed by atoms with Crippen LogP contribution in [0, 0.1) is 0 Å². The molecule has 0 amide bonds. The normalized spacial score (nSPS) is 25.8. The van der Waals surface area contributed by atoms with E-state index in [0.717, 1.165) is 59.6 Å². The Hall–Kier alpha value is -5.38. The highest BCUT2D eigenvalue weighted by Gasteiger charge is 2.57. The van der Waals surface area contributed by atoms with E-state index in [2.05, 4.69) is 0 Å². The largest absolute Gasteiger partial charge is 0.513 e. The number of hydrogen-bond acceptors (Lipinski definition) is 21. The van der Waals surface area contributed by atoms with E-state index in [1.807, 2.05) is 45.9 Å². The van der Waals surface area contributed by atoms with Gasteiger partial charge >= 0.3 is 47.9 Å². The minimum absolute atomic E-state index is 0.0201. The Balaban J connectivity index is 2.01. The fraction of sp³-hybridized carbons (Fsp3) is 0.659. The molecule has 21 heteroatoms. The summed E-state index contributed by atoms with van der Waals surface area (Å²) in [5.74, 6) is -5.72. The van der Waals surface area contributed by atoms with Crippen LogP contribution in [0.1, 0.15) is 99.1 Å². The van der Waals surface area contributed by atoms with Crippen molar-refractivity contribution < 1.29 is 99.9 Å². The molecule has 0 saturated carbocycles. The maximum atomic E-state index is 12.9. The van der Waals surface area contributed by atoms with Gasteiger partial charge < -0.3 is 61.6 Å². The number of rotatable bonds is 18. The molecule has 2 aliphatic rings. The zero-order chi connectivity index (χ0) is 46.4. The highest BCUT2D eigenvalue weighted by atomic mass is 16.8. The van der Waals surface area contributed by atoms with E-state index in [1.165, 1.54) is 0 Å². The highest BCUT2D eigenvalue weighted by molar-refractivity contribution is 5.70. The van der Waals surface area contributed by atoms with Crippen molar-refractivity contribution in [1.82, 2.24) is 0 Å². The summed E-state index contributed by atoms with van der Waals surface area (Å²) in [5.41, 5.74) is 1.58. The Labute approximate surface area is 358 Å². The molecular formula is C41H56O21. The number of carbonyl (C=O) groups is 8. The molecule has 2 saturated heterocycles. The average molecular weight is 885 g/mol. The van der Waals surface area contributed by atoms with E-state index < -0.39 is 136 Å². The first kappa shape index (κ1) is 51.0. The van der Waals surface area contributed by atoms with Crippen LogP contribution in [-0.2, 0) is 90.4 Å². The van der Waals surface area contributed by atoms with Gasteiger partial charge in [0.1, 0.15) is 43.9 Å². The lowest BCUT2D eigenvalue weighted by Gasteiger charge is -2.48. The Bertz CT molecular complexity index is 1730. The van der Waals surface area contributed by atoms with Crippen molar-refractivity contribution in [2.75, 3.05) is 26.4 Å². The van der Waals surface area contributed by atoms with E-state index >= 15 is 0 Å². The van der Waals surface area contributed by atoms with Gasteiger partial charge in [-0.1, -0.05) is 45.9 Å². The minimum Gasteiger partial charge on any atom is -0.463 e. The van der Waals surface area contributed by atoms with Gasteiger partial charge in [0.05, 0.1) is 6.61 Å². The molecular weight excluding hydrogens is 828 g/mol. The second-order valence-electron chi connectivity index (χ2n) is 14.8. The molecule has 1 aromatic rings. The van der Waals surface area contributed by atoms with E-state index in [4.69, 9.17) is 61.6 Å². The molecule has 0 aromatic heterocycles. The SMILES string of the molecule is CC(=O)OCC1OC(OCCOC(=O)Oc2c(C(C)C)cccc2C(C)C)[C@H](OC(C)=O)C(OC(C)=O)[C@@H]1O[C@H]1OC(COC(C)=O)[C@@H](OC(C)=O)C(OC(C)=O)[C@H]1OC(C)=O. The summed E-state index contributed by atoms with van der Waals surface area (Å²) in [7, 11) is 0. The van der Waals surface area contributed by atoms with Crippen molar-refractivity contribution in [3.63, 3.8) is 0 Å². The van der Waals surface area contributed by atoms with Crippen LogP contribution in [0.5, 0.6) is 5.75 Å². The van der Waals surface area contributed by atoms with E-state index in [-0.39, 0.29) is 11.8 Å². The summed E-state index contributed by atoms with van der Waals surface area (Å²) < 4.78 is 73.4. The molecule has 2 aliphatic heterocycles. The maximum absolute atomic E-state index is 12.9. The van der Waals surface area contributed by atoms with Crippen LogP contribution in [-0.4, -0.2) is 136 Å². The number of carbonyl (C=O) groups excluding carboxylic acids is 8. The van der Waals surface area contributed by atoms with Crippen LogP contribution < -0.4 is 4.74 Å². The van der Waals surface area contributed by atoms with Gasteiger partial charge in [0.2, 0.25) is 0 Å². The van der Waals surface area contributed by atoms with Crippen LogP contribution in [0.4, 0.5) is 4.79 Å². The summed E-state index contributed by atoms with van der Waals surface area (Å²) in [6.07, 6.45) is -17.4. The predicted molar refractivity (Wildman–Crippen MR) is 206 cm³/mol. The van der Waals surface area contributed by atoms with Crippen molar-refractivity contribution in [3.05, 3.63) is 29.3 Å². The number of para-hydroxylation sites is 1. The maximum Gasteiger partial charge on any atom is 0.513 e. The summed E-state index contributed by atoms with van der Waals surface area (Å²) in [5, 5.41) is 0. The number of benzene rings is 1. The monoisotopic (exact) mass is 884 g/mol. The molecule has 62 heavy (non-hydrogen) atoms. The number of hydrogen-bond donors (Lipinski definition) is 0. The van der Waals surface area contributed by atoms with Gasteiger partial charge in [-0.2, -0.15) is 0 Å². The van der Waals surface area contributed by atoms with Gasteiger partial charge in [-0.3, -0.25) is 33.6 Å². The lowest BCUT2D eigenvalue weighted by atomic mass is 9.94. The number of ether oxygens (including phenoxy) is 13. The Morgan fingerprint density at radius 3 is 1.35 bits per heavy atom. The second kappa shape index (κ2) is 23.7. The zero-order valence-corrected chi connectivity index (χ0v) is 36.6. The molecule has 10 atom stereocenters. The quantitative estimate of drug-likeness (QED) is 0.0888. The molecule has 5 unspecified atom stereocenters. The van der Waals surface area contributed by atoms with Gasteiger partial charge in [-0.25, -0.2) is 4.79 Å². The third kappa shape index (κ3) is 15.2. The fourth-order valence-electron chi connectivity index (χ4n) is 6.61. The van der Waals surface area contributed by atoms with Crippen LogP contribution >= 0.6 is 0 Å². The van der Waals surface area contributed by atoms with Gasteiger partial charge in [-0.15, -0.1) is 0 Å². The fourth-order valence-corrected chi connectivity index (χ4v) is 6.61. The molecule has 3 rings (SSSR count). The topological polar surface area (TPSA) is 257 Å². The molecule has 0 N–H and O–H groups in total. The minimum atomic E-state index is -1.85. The van der Waals surface area contributed by atoms with E-state index in [1.54, 1.807) is 0 Å². The molecule has 0 radical (unpaired) electrons. The van der Waals surface area contributed by atoms with Crippen molar-refractivity contribution in [3.8, 4) is 5.75 Å². The molecule has 0 spiro atoms. The first-order valence-corrected chi connectivity index (χ1v) is 19.8. The zero-order valence-electron chi connectivity index (χ0n) is 36.6. The van der Waals surface area contributed by atoms with Crippen molar-refractivity contribution in [1.29, 1.82) is 0 Å². The van der Waals surface area contributed by atoms with Crippen LogP contribution in [0.25, 0.3) is 0 Å². The van der Waals surface area contributed by atoms with Crippen LogP contribution in [0.3, 0.4) is 0 Å². The third-order valence-electron chi connectivity index (χ3n) is 8.98. The van der Waals surface area contributed by atoms with Gasteiger partial charge in [0.25, 0.3) is 0 Å². The second-order valence-corrected chi connectivity index (χ2v) is 14.8. The van der Waals surface area contributed by atoms with Crippen molar-refractivity contribution >= 4 is 47.9 Å². The molecule has 2 fully saturated rings. The lowest BCUT2D eigenvalue weighted by molar-refractivity contribution is -0.361. The summed E-state index contributed by atoms with van der Waals surface area (Å²) in [4.78, 5) is 99.3. The Morgan fingerprint density at radius 1 is 0.500 bits per heavy atom. The Kier molecular flexibility index (Phi) is 19.5. The third-order valence-corrected chi connectivity index (χ3v) is 8.98. The first-order valence-electron chi connectivity index (χ1n) is 19.8. The van der Waals surface area contributed by atoms with Gasteiger partial charge in [0, 0.05) is 48.5 Å². The molecule has 346 valence electrons. The first-order chi connectivity index (χ1) is 29.1. The standard InChI is InChI=1S/C41H56O21/c1-19(2)28-13-12-14-29(20(3)4)32(28)62-41(49)51-16-15-50-39-37(57-26(10)47)36(56-25(9)46)34(31(59-39)18-53-22(6)43)61-40-38(58-27(11)48)35(55-24(8)45)33(54-23(7)44)30(60-40)17-52-21(5)42/h12-14,19-20,30-31,33-40H,15-18H2,1-11H3/t30?,31?,33-,34-,35?,36?,37-,38-,39?,40-/m1/s1. The highest BCUT2D eigenvalue weighted by Crippen LogP contribution is 2.37. The summed E-state index contributed by atoms with van der Waals surface area (Å²) in [6.45, 7) is 13.1. The molecule has 0 aliphatic carbocycles. The van der Waals surface area contributed by atoms with E-state index in [9.17, 15) is 38.4 Å². The van der Waals surface area contributed by atoms with E-state index in [0.29, 0.717) is 5.75 Å². The molecule has 1 aromatic carbocycles. The summed E-state index contributed by atoms with van der Waals surface area (Å²) in [6, 6.07) is 5.56. The summed E-state index contributed by atoms with van der Waals surface area (Å²) >= 11 is 0. The smallest absolute Gasteiger partial charge is 0.463 e. The number of esters is 7. The Morgan fingerprint density at radius 2 is 0.903 bits per heavy atom. The van der Waals surface area contributed by atoms with Crippen LogP contribution in [0.15, 0.2) is 18.2 Å². The van der Waals surface area contributed by atoms with Crippen molar-refractivity contribution in [2.45, 2.75) is 149 Å². The average Bonchev–Trinajstić information content (AvgIpc) is 3.15. The molecule has 0 bridgehead atoms.